The van der Waals surface area contributed by atoms with Gasteiger partial charge in [0.1, 0.15) is 24.1 Å². The lowest BCUT2D eigenvalue weighted by atomic mass is 10.1. The summed E-state index contributed by atoms with van der Waals surface area (Å²) in [6.45, 7) is 4.06. The van der Waals surface area contributed by atoms with Gasteiger partial charge in [-0.15, -0.1) is 6.58 Å². The van der Waals surface area contributed by atoms with E-state index in [9.17, 15) is 5.11 Å². The fraction of sp³-hybridized carbons (Fsp3) is 0.467. The number of methoxy groups -OCH3 is 2. The molecule has 1 saturated heterocycles. The monoisotopic (exact) mass is 280 g/mol. The number of benzene rings is 1. The molecule has 1 unspecified atom stereocenters. The third-order valence-corrected chi connectivity index (χ3v) is 3.30. The Bertz CT molecular complexity index is 430. The van der Waals surface area contributed by atoms with E-state index in [0.717, 1.165) is 11.3 Å². The first kappa shape index (κ1) is 15.0. The highest BCUT2D eigenvalue weighted by molar-refractivity contribution is 5.26. The number of ether oxygens (including phenoxy) is 4. The van der Waals surface area contributed by atoms with Crippen LogP contribution in [0.25, 0.3) is 0 Å². The van der Waals surface area contributed by atoms with Gasteiger partial charge in [-0.2, -0.15) is 0 Å². The molecule has 0 spiro atoms. The molecule has 0 aliphatic carbocycles. The van der Waals surface area contributed by atoms with Crippen LogP contribution in [0, 0.1) is 0 Å². The van der Waals surface area contributed by atoms with E-state index in [1.165, 1.54) is 7.11 Å². The van der Waals surface area contributed by atoms with Gasteiger partial charge in [-0.25, -0.2) is 0 Å². The number of hydrogen-bond donors (Lipinski definition) is 1. The van der Waals surface area contributed by atoms with E-state index in [4.69, 9.17) is 18.9 Å². The SMILES string of the molecule is C=C[C@H]1OC(OC)[C@H](O)[C@H]1OCc1ccc(OC)cc1. The highest BCUT2D eigenvalue weighted by Gasteiger charge is 2.43. The molecule has 1 N–H and O–H groups in total. The van der Waals surface area contributed by atoms with Crippen molar-refractivity contribution in [1.82, 2.24) is 0 Å². The largest absolute Gasteiger partial charge is 0.497 e. The van der Waals surface area contributed by atoms with Crippen LogP contribution in [-0.2, 0) is 20.8 Å². The molecule has 0 saturated carbocycles. The lowest BCUT2D eigenvalue weighted by Crippen LogP contribution is -2.35. The standard InChI is InChI=1S/C15H20O5/c1-4-12-14(13(16)15(18-3)20-12)19-9-10-5-7-11(17-2)8-6-10/h4-8,12-16H,1,9H2,2-3H3/t12-,13-,14+,15?/m1/s1. The van der Waals surface area contributed by atoms with Crippen molar-refractivity contribution in [1.29, 1.82) is 0 Å². The van der Waals surface area contributed by atoms with Crippen LogP contribution >= 0.6 is 0 Å². The Morgan fingerprint density at radius 2 is 2.00 bits per heavy atom. The lowest BCUT2D eigenvalue weighted by Gasteiger charge is -2.18. The first-order chi connectivity index (χ1) is 9.69. The Morgan fingerprint density at radius 1 is 1.30 bits per heavy atom. The van der Waals surface area contributed by atoms with Crippen molar-refractivity contribution in [3.8, 4) is 5.75 Å². The maximum absolute atomic E-state index is 10.1. The smallest absolute Gasteiger partial charge is 0.186 e. The van der Waals surface area contributed by atoms with Crippen LogP contribution in [0.3, 0.4) is 0 Å². The van der Waals surface area contributed by atoms with Crippen LogP contribution in [0.1, 0.15) is 5.56 Å². The molecule has 1 aromatic carbocycles. The van der Waals surface area contributed by atoms with E-state index in [0.29, 0.717) is 6.61 Å². The summed E-state index contributed by atoms with van der Waals surface area (Å²) in [6, 6.07) is 7.56. The highest BCUT2D eigenvalue weighted by atomic mass is 16.7. The second-order valence-electron chi connectivity index (χ2n) is 4.55. The Balaban J connectivity index is 1.96. The van der Waals surface area contributed by atoms with Gasteiger partial charge in [-0.05, 0) is 17.7 Å². The average molecular weight is 280 g/mol. The van der Waals surface area contributed by atoms with Crippen molar-refractivity contribution in [2.24, 2.45) is 0 Å². The minimum Gasteiger partial charge on any atom is -0.497 e. The van der Waals surface area contributed by atoms with Crippen LogP contribution < -0.4 is 4.74 Å². The summed E-state index contributed by atoms with van der Waals surface area (Å²) in [5.74, 6) is 0.793. The third-order valence-electron chi connectivity index (χ3n) is 3.30. The highest BCUT2D eigenvalue weighted by Crippen LogP contribution is 2.26. The Morgan fingerprint density at radius 3 is 2.55 bits per heavy atom. The fourth-order valence-electron chi connectivity index (χ4n) is 2.15. The molecule has 0 bridgehead atoms. The summed E-state index contributed by atoms with van der Waals surface area (Å²) in [5, 5.41) is 10.1. The predicted octanol–water partition coefficient (Wildman–Crippen LogP) is 1.50. The molecule has 1 fully saturated rings. The zero-order valence-electron chi connectivity index (χ0n) is 11.7. The first-order valence-corrected chi connectivity index (χ1v) is 6.43. The minimum atomic E-state index is -0.832. The molecule has 1 aliphatic heterocycles. The lowest BCUT2D eigenvalue weighted by molar-refractivity contribution is -0.143. The van der Waals surface area contributed by atoms with Crippen LogP contribution in [0.5, 0.6) is 5.75 Å². The zero-order valence-corrected chi connectivity index (χ0v) is 11.7. The molecule has 1 aliphatic rings. The van der Waals surface area contributed by atoms with Gasteiger partial charge in [0.25, 0.3) is 0 Å². The summed E-state index contributed by atoms with van der Waals surface area (Å²) in [4.78, 5) is 0. The van der Waals surface area contributed by atoms with Crippen LogP contribution in [0.2, 0.25) is 0 Å². The second-order valence-corrected chi connectivity index (χ2v) is 4.55. The summed E-state index contributed by atoms with van der Waals surface area (Å²) in [7, 11) is 3.11. The van der Waals surface area contributed by atoms with Gasteiger partial charge in [0, 0.05) is 7.11 Å². The van der Waals surface area contributed by atoms with Crippen molar-refractivity contribution < 1.29 is 24.1 Å². The Hall–Kier alpha value is -1.40. The third kappa shape index (κ3) is 3.19. The predicted molar refractivity (Wildman–Crippen MR) is 73.4 cm³/mol. The summed E-state index contributed by atoms with van der Waals surface area (Å²) < 4.78 is 21.4. The molecule has 5 nitrogen and oxygen atoms in total. The van der Waals surface area contributed by atoms with Gasteiger partial charge >= 0.3 is 0 Å². The Kier molecular flexibility index (Phi) is 5.14. The minimum absolute atomic E-state index is 0.371. The van der Waals surface area contributed by atoms with Gasteiger partial charge in [0.15, 0.2) is 6.29 Å². The van der Waals surface area contributed by atoms with Gasteiger partial charge in [0.05, 0.1) is 13.7 Å². The Labute approximate surface area is 118 Å². The topological polar surface area (TPSA) is 57.2 Å². The zero-order chi connectivity index (χ0) is 14.5. The second kappa shape index (κ2) is 6.85. The molecule has 0 radical (unpaired) electrons. The van der Waals surface area contributed by atoms with Crippen LogP contribution in [0.4, 0.5) is 0 Å². The number of aliphatic hydroxyl groups is 1. The molecular formula is C15H20O5. The fourth-order valence-corrected chi connectivity index (χ4v) is 2.15. The van der Waals surface area contributed by atoms with Crippen LogP contribution in [-0.4, -0.2) is 43.9 Å². The molecule has 0 amide bonds. The summed E-state index contributed by atoms with van der Waals surface area (Å²) >= 11 is 0. The van der Waals surface area contributed by atoms with Crippen molar-refractivity contribution in [3.63, 3.8) is 0 Å². The summed E-state index contributed by atoms with van der Waals surface area (Å²) in [6.07, 6.45) is -0.770. The molecule has 5 heteroatoms. The normalized spacial score (nSPS) is 29.4. The van der Waals surface area contributed by atoms with Crippen molar-refractivity contribution in [2.45, 2.75) is 31.2 Å². The van der Waals surface area contributed by atoms with Crippen molar-refractivity contribution in [2.75, 3.05) is 14.2 Å². The first-order valence-electron chi connectivity index (χ1n) is 6.43. The van der Waals surface area contributed by atoms with E-state index in [2.05, 4.69) is 6.58 Å². The van der Waals surface area contributed by atoms with Gasteiger partial charge < -0.3 is 24.1 Å². The molecule has 2 rings (SSSR count). The van der Waals surface area contributed by atoms with Crippen molar-refractivity contribution >= 4 is 0 Å². The van der Waals surface area contributed by atoms with Gasteiger partial charge in [-0.3, -0.25) is 0 Å². The van der Waals surface area contributed by atoms with Gasteiger partial charge in [-0.1, -0.05) is 18.2 Å². The number of rotatable bonds is 6. The van der Waals surface area contributed by atoms with Crippen molar-refractivity contribution in [3.05, 3.63) is 42.5 Å². The molecule has 0 aromatic heterocycles. The molecular weight excluding hydrogens is 260 g/mol. The average Bonchev–Trinajstić information content (AvgIpc) is 2.81. The van der Waals surface area contributed by atoms with Crippen LogP contribution in [0.15, 0.2) is 36.9 Å². The number of hydrogen-bond acceptors (Lipinski definition) is 5. The van der Waals surface area contributed by atoms with E-state index >= 15 is 0 Å². The summed E-state index contributed by atoms with van der Waals surface area (Å²) in [5.41, 5.74) is 0.988. The molecule has 110 valence electrons. The van der Waals surface area contributed by atoms with E-state index in [1.807, 2.05) is 24.3 Å². The number of aliphatic hydroxyl groups excluding tert-OH is 1. The molecule has 1 aromatic rings. The maximum atomic E-state index is 10.1. The van der Waals surface area contributed by atoms with Gasteiger partial charge in [0.2, 0.25) is 0 Å². The molecule has 4 atom stereocenters. The quantitative estimate of drug-likeness (QED) is 0.800. The van der Waals surface area contributed by atoms with E-state index in [-0.39, 0.29) is 6.10 Å². The maximum Gasteiger partial charge on any atom is 0.186 e. The molecule has 1 heterocycles. The molecule has 20 heavy (non-hydrogen) atoms. The van der Waals surface area contributed by atoms with E-state index in [1.54, 1.807) is 13.2 Å². The van der Waals surface area contributed by atoms with E-state index < -0.39 is 18.5 Å².